The molecule has 172 valence electrons. The monoisotopic (exact) mass is 476 g/mol. The molecule has 2 aromatic heterocycles. The first-order valence-corrected chi connectivity index (χ1v) is 11.5. The Hall–Kier alpha value is -4.12. The van der Waals surface area contributed by atoms with Crippen molar-refractivity contribution in [2.75, 3.05) is 5.75 Å². The molecule has 0 saturated carbocycles. The first kappa shape index (κ1) is 21.7. The lowest BCUT2D eigenvalue weighted by Gasteiger charge is -2.25. The Morgan fingerprint density at radius 2 is 1.88 bits per heavy atom. The lowest BCUT2D eigenvalue weighted by Crippen LogP contribution is -2.49. The van der Waals surface area contributed by atoms with E-state index in [1.807, 2.05) is 30.3 Å². The number of fused-ring (bicyclic) bond motifs is 1. The zero-order chi connectivity index (χ0) is 23.7. The van der Waals surface area contributed by atoms with Gasteiger partial charge in [0.05, 0.1) is 11.3 Å². The third-order valence-electron chi connectivity index (χ3n) is 5.68. The molecule has 0 aliphatic carbocycles. The third-order valence-corrected chi connectivity index (χ3v) is 6.50. The molecule has 4 aromatic rings. The maximum Gasteiger partial charge on any atom is 0.344 e. The molecule has 0 unspecified atom stereocenters. The van der Waals surface area contributed by atoms with Crippen molar-refractivity contribution in [1.29, 1.82) is 0 Å². The molecule has 34 heavy (non-hydrogen) atoms. The summed E-state index contributed by atoms with van der Waals surface area (Å²) in [5.74, 6) is -0.897. The minimum atomic E-state index is -1.22. The van der Waals surface area contributed by atoms with Crippen LogP contribution in [-0.4, -0.2) is 43.8 Å². The van der Waals surface area contributed by atoms with E-state index in [2.05, 4.69) is 25.9 Å². The van der Waals surface area contributed by atoms with E-state index in [4.69, 9.17) is 4.42 Å². The Bertz CT molecular complexity index is 1380. The van der Waals surface area contributed by atoms with Crippen molar-refractivity contribution in [1.82, 2.24) is 30.9 Å². The number of nitrogens with one attached hydrogen (secondary N) is 3. The van der Waals surface area contributed by atoms with Gasteiger partial charge >= 0.3 is 6.03 Å². The highest BCUT2D eigenvalue weighted by atomic mass is 32.2. The van der Waals surface area contributed by atoms with Crippen LogP contribution in [0.1, 0.15) is 18.9 Å². The van der Waals surface area contributed by atoms with Crippen molar-refractivity contribution in [3.05, 3.63) is 66.4 Å². The molecular weight excluding hydrogens is 456 g/mol. The molecule has 0 radical (unpaired) electrons. The molecule has 3 heterocycles. The summed E-state index contributed by atoms with van der Waals surface area (Å²) < 4.78 is 5.69. The average molecular weight is 477 g/mol. The van der Waals surface area contributed by atoms with Crippen LogP contribution >= 0.6 is 11.8 Å². The zero-order valence-corrected chi connectivity index (χ0v) is 18.9. The number of urea groups is 1. The van der Waals surface area contributed by atoms with Crippen LogP contribution in [0.2, 0.25) is 0 Å². The first-order valence-electron chi connectivity index (χ1n) is 10.6. The van der Waals surface area contributed by atoms with Gasteiger partial charge in [-0.25, -0.2) is 4.79 Å². The molecule has 10 nitrogen and oxygen atoms in total. The highest BCUT2D eigenvalue weighted by Crippen LogP contribution is 2.32. The number of para-hydroxylation sites is 1. The normalized spacial score (nSPS) is 17.9. The molecule has 5 rings (SSSR count). The Balaban J connectivity index is 1.24. The molecule has 0 bridgehead atoms. The van der Waals surface area contributed by atoms with Crippen molar-refractivity contribution in [3.8, 4) is 11.5 Å². The minimum absolute atomic E-state index is 0.128. The van der Waals surface area contributed by atoms with Crippen LogP contribution in [0.15, 0.2) is 70.4 Å². The molecular formula is C23H20N6O4S. The standard InChI is InChI=1S/C23H20N6O4S/c1-2-23(14-8-4-3-5-9-14)20(31)29(21(32)25-23)28-18(30)13-34-22-27-26-19(33-22)16-12-24-17-11-7-6-10-15(16)17/h3-12,24H,2,13H2,1H3,(H,25,32)(H,28,30)/t23-/m0/s1. The van der Waals surface area contributed by atoms with E-state index >= 15 is 0 Å². The molecule has 1 aliphatic heterocycles. The second-order valence-corrected chi connectivity index (χ2v) is 8.57. The van der Waals surface area contributed by atoms with E-state index in [1.54, 1.807) is 37.4 Å². The highest BCUT2D eigenvalue weighted by molar-refractivity contribution is 7.99. The predicted molar refractivity (Wildman–Crippen MR) is 124 cm³/mol. The number of thioether (sulfide) groups is 1. The number of hydrogen-bond donors (Lipinski definition) is 3. The van der Waals surface area contributed by atoms with Gasteiger partial charge in [0, 0.05) is 17.1 Å². The van der Waals surface area contributed by atoms with Crippen molar-refractivity contribution < 1.29 is 18.8 Å². The number of aromatic amines is 1. The van der Waals surface area contributed by atoms with Crippen molar-refractivity contribution >= 4 is 40.5 Å². The molecule has 1 fully saturated rings. The number of nitrogens with zero attached hydrogens (tertiary/aromatic N) is 3. The van der Waals surface area contributed by atoms with E-state index < -0.39 is 23.4 Å². The van der Waals surface area contributed by atoms with Gasteiger partial charge in [-0.05, 0) is 18.1 Å². The van der Waals surface area contributed by atoms with Gasteiger partial charge < -0.3 is 14.7 Å². The number of imide groups is 1. The molecule has 4 amide bonds. The largest absolute Gasteiger partial charge is 0.411 e. The molecule has 0 spiro atoms. The molecule has 2 aromatic carbocycles. The fourth-order valence-electron chi connectivity index (χ4n) is 3.95. The van der Waals surface area contributed by atoms with Crippen molar-refractivity contribution in [2.45, 2.75) is 24.1 Å². The average Bonchev–Trinajstić information content (AvgIpc) is 3.56. The Morgan fingerprint density at radius 1 is 1.12 bits per heavy atom. The van der Waals surface area contributed by atoms with Gasteiger partial charge in [0.2, 0.25) is 5.91 Å². The van der Waals surface area contributed by atoms with Crippen molar-refractivity contribution in [2.24, 2.45) is 0 Å². The summed E-state index contributed by atoms with van der Waals surface area (Å²) in [6.45, 7) is 1.80. The fourth-order valence-corrected chi connectivity index (χ4v) is 4.50. The van der Waals surface area contributed by atoms with Crippen LogP contribution in [0.4, 0.5) is 4.79 Å². The summed E-state index contributed by atoms with van der Waals surface area (Å²) in [6, 6.07) is 16.0. The van der Waals surface area contributed by atoms with E-state index in [9.17, 15) is 14.4 Å². The number of hydrazine groups is 1. The van der Waals surface area contributed by atoms with Gasteiger partial charge in [-0.3, -0.25) is 15.0 Å². The van der Waals surface area contributed by atoms with E-state index in [-0.39, 0.29) is 11.0 Å². The van der Waals surface area contributed by atoms with Crippen LogP contribution in [0.3, 0.4) is 0 Å². The maximum absolute atomic E-state index is 13.1. The topological polar surface area (TPSA) is 133 Å². The van der Waals surface area contributed by atoms with Crippen LogP contribution in [-0.2, 0) is 15.1 Å². The van der Waals surface area contributed by atoms with Gasteiger partial charge in [0.25, 0.3) is 17.0 Å². The second-order valence-electron chi connectivity index (χ2n) is 7.64. The van der Waals surface area contributed by atoms with Crippen LogP contribution < -0.4 is 10.7 Å². The van der Waals surface area contributed by atoms with Gasteiger partial charge in [0.1, 0.15) is 5.54 Å². The fraction of sp³-hybridized carbons (Fsp3) is 0.174. The molecule has 11 heteroatoms. The Kier molecular flexibility index (Phi) is 5.54. The number of carbonyl (C=O) groups excluding carboxylic acids is 3. The molecule has 1 aliphatic rings. The number of hydrogen-bond acceptors (Lipinski definition) is 7. The van der Waals surface area contributed by atoms with E-state index in [0.717, 1.165) is 33.2 Å². The third kappa shape index (κ3) is 3.69. The zero-order valence-electron chi connectivity index (χ0n) is 18.1. The number of amides is 4. The van der Waals surface area contributed by atoms with Crippen LogP contribution in [0.25, 0.3) is 22.4 Å². The van der Waals surface area contributed by atoms with E-state index in [1.165, 1.54) is 0 Å². The smallest absolute Gasteiger partial charge is 0.344 e. The lowest BCUT2D eigenvalue weighted by atomic mass is 9.87. The number of rotatable bonds is 7. The summed E-state index contributed by atoms with van der Waals surface area (Å²) in [5, 5.41) is 12.6. The van der Waals surface area contributed by atoms with Gasteiger partial charge in [-0.1, -0.05) is 67.2 Å². The van der Waals surface area contributed by atoms with Gasteiger partial charge in [0.15, 0.2) is 0 Å². The molecule has 3 N–H and O–H groups in total. The van der Waals surface area contributed by atoms with Gasteiger partial charge in [-0.2, -0.15) is 5.01 Å². The molecule has 1 atom stereocenters. The summed E-state index contributed by atoms with van der Waals surface area (Å²) in [7, 11) is 0. The summed E-state index contributed by atoms with van der Waals surface area (Å²) in [4.78, 5) is 41.3. The number of aromatic nitrogens is 3. The number of carbonyl (C=O) groups is 3. The number of benzene rings is 2. The van der Waals surface area contributed by atoms with E-state index in [0.29, 0.717) is 17.9 Å². The quantitative estimate of drug-likeness (QED) is 0.275. The summed E-state index contributed by atoms with van der Waals surface area (Å²) in [6.07, 6.45) is 2.12. The van der Waals surface area contributed by atoms with Crippen LogP contribution in [0, 0.1) is 0 Å². The number of H-pyrrole nitrogens is 1. The predicted octanol–water partition coefficient (Wildman–Crippen LogP) is 3.20. The van der Waals surface area contributed by atoms with Gasteiger partial charge in [-0.15, -0.1) is 10.2 Å². The first-order chi connectivity index (χ1) is 16.5. The van der Waals surface area contributed by atoms with Crippen molar-refractivity contribution in [3.63, 3.8) is 0 Å². The maximum atomic E-state index is 13.1. The Morgan fingerprint density at radius 3 is 2.68 bits per heavy atom. The SMILES string of the molecule is CC[C@@]1(c2ccccc2)NC(=O)N(NC(=O)CSc2nnc(-c3c[nH]c4ccccc34)o2)C1=O. The molecule has 1 saturated heterocycles. The highest BCUT2D eigenvalue weighted by Gasteiger charge is 2.52. The second kappa shape index (κ2) is 8.67. The lowest BCUT2D eigenvalue weighted by molar-refractivity contribution is -0.138. The summed E-state index contributed by atoms with van der Waals surface area (Å²) in [5.41, 5.74) is 3.51. The summed E-state index contributed by atoms with van der Waals surface area (Å²) >= 11 is 1.01. The van der Waals surface area contributed by atoms with Crippen LogP contribution in [0.5, 0.6) is 0 Å². The minimum Gasteiger partial charge on any atom is -0.411 e. The Labute approximate surface area is 198 Å².